The minimum Gasteiger partial charge on any atom is -0.488 e. The first kappa shape index (κ1) is 13.3. The topological polar surface area (TPSA) is 21.3 Å². The summed E-state index contributed by atoms with van der Waals surface area (Å²) in [4.78, 5) is 2.38. The van der Waals surface area contributed by atoms with Gasteiger partial charge in [-0.25, -0.2) is 4.39 Å². The predicted molar refractivity (Wildman–Crippen MR) is 72.8 cm³/mol. The van der Waals surface area contributed by atoms with E-state index in [4.69, 9.17) is 16.3 Å². The lowest BCUT2D eigenvalue weighted by Crippen LogP contribution is -2.02. The van der Waals surface area contributed by atoms with Crippen LogP contribution in [0.1, 0.15) is 9.75 Å². The molecule has 0 amide bonds. The number of hydrogen-bond acceptors (Lipinski definition) is 3. The van der Waals surface area contributed by atoms with Gasteiger partial charge in [-0.05, 0) is 31.3 Å². The summed E-state index contributed by atoms with van der Waals surface area (Å²) in [5, 5.41) is 3.17. The molecule has 0 unspecified atom stereocenters. The molecule has 2 aromatic rings. The zero-order chi connectivity index (χ0) is 13.0. The van der Waals surface area contributed by atoms with Gasteiger partial charge in [0, 0.05) is 22.4 Å². The molecular formula is C13H13ClFNOS. The summed E-state index contributed by atoms with van der Waals surface area (Å²) in [5.74, 6) is 0.140. The van der Waals surface area contributed by atoms with Gasteiger partial charge in [0.05, 0.1) is 5.02 Å². The SMILES string of the molecule is CNCc1ccc(COc2ccc(F)c(Cl)c2)s1. The highest BCUT2D eigenvalue weighted by Gasteiger charge is 2.03. The Kier molecular flexibility index (Phi) is 4.58. The number of halogens is 2. The first-order valence-electron chi connectivity index (χ1n) is 5.49. The Balaban J connectivity index is 1.95. The van der Waals surface area contributed by atoms with Gasteiger partial charge < -0.3 is 10.1 Å². The van der Waals surface area contributed by atoms with E-state index in [1.54, 1.807) is 17.4 Å². The maximum atomic E-state index is 13.0. The van der Waals surface area contributed by atoms with Gasteiger partial charge in [-0.15, -0.1) is 11.3 Å². The number of hydrogen-bond donors (Lipinski definition) is 1. The molecule has 1 N–H and O–H groups in total. The van der Waals surface area contributed by atoms with Crippen molar-refractivity contribution in [3.8, 4) is 5.75 Å². The van der Waals surface area contributed by atoms with Crippen molar-refractivity contribution in [2.75, 3.05) is 7.05 Å². The maximum absolute atomic E-state index is 13.0. The average Bonchev–Trinajstić information content (AvgIpc) is 2.79. The molecule has 0 spiro atoms. The van der Waals surface area contributed by atoms with Gasteiger partial charge >= 0.3 is 0 Å². The van der Waals surface area contributed by atoms with E-state index in [0.29, 0.717) is 12.4 Å². The number of rotatable bonds is 5. The molecule has 1 heterocycles. The van der Waals surface area contributed by atoms with Crippen molar-refractivity contribution < 1.29 is 9.13 Å². The molecular weight excluding hydrogens is 273 g/mol. The zero-order valence-electron chi connectivity index (χ0n) is 9.87. The van der Waals surface area contributed by atoms with Crippen LogP contribution in [0.15, 0.2) is 30.3 Å². The summed E-state index contributed by atoms with van der Waals surface area (Å²) in [5.41, 5.74) is 0. The van der Waals surface area contributed by atoms with Crippen LogP contribution in [-0.2, 0) is 13.2 Å². The quantitative estimate of drug-likeness (QED) is 0.901. The molecule has 96 valence electrons. The van der Waals surface area contributed by atoms with Gasteiger partial charge in [-0.1, -0.05) is 11.6 Å². The molecule has 5 heteroatoms. The van der Waals surface area contributed by atoms with Crippen molar-refractivity contribution in [1.29, 1.82) is 0 Å². The van der Waals surface area contributed by atoms with E-state index in [0.717, 1.165) is 11.4 Å². The second-order valence-corrected chi connectivity index (χ2v) is 5.42. The standard InChI is InChI=1S/C13H13ClFNOS/c1-16-7-10-3-4-11(18-10)8-17-9-2-5-13(15)12(14)6-9/h2-6,16H,7-8H2,1H3. The number of benzene rings is 1. The van der Waals surface area contributed by atoms with Crippen molar-refractivity contribution in [3.63, 3.8) is 0 Å². The van der Waals surface area contributed by atoms with E-state index in [1.807, 2.05) is 13.1 Å². The Morgan fingerprint density at radius 2 is 2.06 bits per heavy atom. The number of thiophene rings is 1. The Labute approximate surface area is 114 Å². The smallest absolute Gasteiger partial charge is 0.142 e. The molecule has 0 aliphatic carbocycles. The van der Waals surface area contributed by atoms with Crippen LogP contribution in [-0.4, -0.2) is 7.05 Å². The van der Waals surface area contributed by atoms with Crippen molar-refractivity contribution in [3.05, 3.63) is 50.9 Å². The van der Waals surface area contributed by atoms with Gasteiger partial charge in [-0.3, -0.25) is 0 Å². The van der Waals surface area contributed by atoms with Gasteiger partial charge in [0.25, 0.3) is 0 Å². The summed E-state index contributed by atoms with van der Waals surface area (Å²) in [7, 11) is 1.91. The van der Waals surface area contributed by atoms with E-state index in [9.17, 15) is 4.39 Å². The highest BCUT2D eigenvalue weighted by Crippen LogP contribution is 2.23. The molecule has 0 aliphatic heterocycles. The van der Waals surface area contributed by atoms with Gasteiger partial charge in [0.15, 0.2) is 0 Å². The average molecular weight is 286 g/mol. The highest BCUT2D eigenvalue weighted by atomic mass is 35.5. The van der Waals surface area contributed by atoms with Crippen LogP contribution in [0.25, 0.3) is 0 Å². The Morgan fingerprint density at radius 1 is 1.28 bits per heavy atom. The third-order valence-corrected chi connectivity index (χ3v) is 3.69. The fraction of sp³-hybridized carbons (Fsp3) is 0.231. The summed E-state index contributed by atoms with van der Waals surface area (Å²) in [6, 6.07) is 8.46. The largest absolute Gasteiger partial charge is 0.488 e. The first-order valence-corrected chi connectivity index (χ1v) is 6.68. The molecule has 0 saturated heterocycles. The van der Waals surface area contributed by atoms with Gasteiger partial charge in [-0.2, -0.15) is 0 Å². The third-order valence-electron chi connectivity index (χ3n) is 2.34. The Morgan fingerprint density at radius 3 is 2.78 bits per heavy atom. The minimum absolute atomic E-state index is 0.0783. The lowest BCUT2D eigenvalue weighted by Gasteiger charge is -2.05. The molecule has 0 bridgehead atoms. The fourth-order valence-electron chi connectivity index (χ4n) is 1.49. The summed E-state index contributed by atoms with van der Waals surface area (Å²) in [6.07, 6.45) is 0. The van der Waals surface area contributed by atoms with E-state index in [2.05, 4.69) is 11.4 Å². The van der Waals surface area contributed by atoms with Crippen LogP contribution in [0.5, 0.6) is 5.75 Å². The summed E-state index contributed by atoms with van der Waals surface area (Å²) >= 11 is 7.37. The predicted octanol–water partition coefficient (Wildman–Crippen LogP) is 3.84. The molecule has 0 fully saturated rings. The third kappa shape index (κ3) is 3.45. The summed E-state index contributed by atoms with van der Waals surface area (Å²) < 4.78 is 18.5. The zero-order valence-corrected chi connectivity index (χ0v) is 11.4. The molecule has 1 aromatic carbocycles. The first-order chi connectivity index (χ1) is 8.69. The summed E-state index contributed by atoms with van der Waals surface area (Å²) in [6.45, 7) is 1.32. The monoisotopic (exact) mass is 285 g/mol. The van der Waals surface area contributed by atoms with Crippen LogP contribution in [0, 0.1) is 5.82 Å². The van der Waals surface area contributed by atoms with Crippen LogP contribution in [0.4, 0.5) is 4.39 Å². The molecule has 0 saturated carbocycles. The second-order valence-electron chi connectivity index (χ2n) is 3.76. The molecule has 0 aliphatic rings. The Hall–Kier alpha value is -1.10. The maximum Gasteiger partial charge on any atom is 0.142 e. The normalized spacial score (nSPS) is 10.6. The molecule has 2 nitrogen and oxygen atoms in total. The van der Waals surface area contributed by atoms with E-state index in [1.165, 1.54) is 17.0 Å². The van der Waals surface area contributed by atoms with Crippen LogP contribution < -0.4 is 10.1 Å². The Bertz CT molecular complexity index is 529. The van der Waals surface area contributed by atoms with E-state index < -0.39 is 5.82 Å². The van der Waals surface area contributed by atoms with E-state index >= 15 is 0 Å². The lowest BCUT2D eigenvalue weighted by atomic mass is 10.3. The highest BCUT2D eigenvalue weighted by molar-refractivity contribution is 7.11. The fourth-order valence-corrected chi connectivity index (χ4v) is 2.60. The molecule has 2 rings (SSSR count). The van der Waals surface area contributed by atoms with Gasteiger partial charge in [0.2, 0.25) is 0 Å². The van der Waals surface area contributed by atoms with Crippen LogP contribution in [0.2, 0.25) is 5.02 Å². The number of nitrogens with one attached hydrogen (secondary N) is 1. The van der Waals surface area contributed by atoms with Crippen molar-refractivity contribution in [1.82, 2.24) is 5.32 Å². The second kappa shape index (κ2) is 6.18. The molecule has 1 aromatic heterocycles. The van der Waals surface area contributed by atoms with Crippen molar-refractivity contribution >= 4 is 22.9 Å². The van der Waals surface area contributed by atoms with E-state index in [-0.39, 0.29) is 5.02 Å². The lowest BCUT2D eigenvalue weighted by molar-refractivity contribution is 0.309. The van der Waals surface area contributed by atoms with Crippen LogP contribution >= 0.6 is 22.9 Å². The molecule has 0 atom stereocenters. The van der Waals surface area contributed by atoms with Gasteiger partial charge in [0.1, 0.15) is 18.2 Å². The molecule has 18 heavy (non-hydrogen) atoms. The molecule has 0 radical (unpaired) electrons. The minimum atomic E-state index is -0.434. The van der Waals surface area contributed by atoms with Crippen LogP contribution in [0.3, 0.4) is 0 Å². The van der Waals surface area contributed by atoms with Crippen molar-refractivity contribution in [2.45, 2.75) is 13.2 Å². The number of ether oxygens (including phenoxy) is 1. The van der Waals surface area contributed by atoms with Crippen molar-refractivity contribution in [2.24, 2.45) is 0 Å².